The SMILES string of the molecule is C[Si]1(C)c2ccccc2-c2nc(-c3cccc(-c4cccc(-c5cc(-c6ccccc6)cc(-c6ccccc6)c5)c4)c3)nc(-c3cccc4c3sc3ccccc34)c21. The highest BCUT2D eigenvalue weighted by molar-refractivity contribution is 7.26. The van der Waals surface area contributed by atoms with Crippen molar-refractivity contribution in [1.82, 2.24) is 9.97 Å². The van der Waals surface area contributed by atoms with Crippen molar-refractivity contribution in [3.05, 3.63) is 194 Å². The van der Waals surface area contributed by atoms with Crippen LogP contribution in [-0.2, 0) is 0 Å². The molecular weight excluding hydrogens is 737 g/mol. The minimum Gasteiger partial charge on any atom is -0.228 e. The van der Waals surface area contributed by atoms with Crippen LogP contribution in [0.3, 0.4) is 0 Å². The first-order valence-electron chi connectivity index (χ1n) is 19.9. The number of thiophene rings is 1. The molecule has 0 N–H and O–H groups in total. The van der Waals surface area contributed by atoms with Crippen molar-refractivity contribution >= 4 is 50.0 Å². The molecule has 8 aromatic carbocycles. The predicted molar refractivity (Wildman–Crippen MR) is 250 cm³/mol. The van der Waals surface area contributed by atoms with Gasteiger partial charge in [-0.2, -0.15) is 0 Å². The zero-order chi connectivity index (χ0) is 38.8. The van der Waals surface area contributed by atoms with Crippen LogP contribution in [0.25, 0.3) is 98.6 Å². The smallest absolute Gasteiger partial charge is 0.160 e. The van der Waals surface area contributed by atoms with Gasteiger partial charge in [0.1, 0.15) is 8.07 Å². The van der Waals surface area contributed by atoms with Crippen LogP contribution < -0.4 is 10.4 Å². The van der Waals surface area contributed by atoms with Crippen LogP contribution in [0.4, 0.5) is 0 Å². The molecule has 2 aromatic heterocycles. The summed E-state index contributed by atoms with van der Waals surface area (Å²) in [5, 5.41) is 5.35. The average Bonchev–Trinajstić information content (AvgIpc) is 3.79. The second-order valence-electron chi connectivity index (χ2n) is 15.8. The van der Waals surface area contributed by atoms with E-state index in [2.05, 4.69) is 207 Å². The Bertz CT molecular complexity index is 3140. The van der Waals surface area contributed by atoms with E-state index in [4.69, 9.17) is 9.97 Å². The van der Waals surface area contributed by atoms with Crippen LogP contribution in [0.1, 0.15) is 0 Å². The molecule has 0 fully saturated rings. The highest BCUT2D eigenvalue weighted by Gasteiger charge is 2.42. The summed E-state index contributed by atoms with van der Waals surface area (Å²) in [6.07, 6.45) is 0. The molecule has 10 aromatic rings. The summed E-state index contributed by atoms with van der Waals surface area (Å²) in [5.74, 6) is 0.759. The van der Waals surface area contributed by atoms with Gasteiger partial charge in [0.25, 0.3) is 0 Å². The number of benzene rings is 8. The minimum absolute atomic E-state index is 0.759. The average molecular weight is 775 g/mol. The van der Waals surface area contributed by atoms with Gasteiger partial charge in [0, 0.05) is 31.3 Å². The summed E-state index contributed by atoms with van der Waals surface area (Å²) in [7, 11) is -2.13. The van der Waals surface area contributed by atoms with Crippen LogP contribution in [0.15, 0.2) is 194 Å². The first kappa shape index (κ1) is 34.5. The van der Waals surface area contributed by atoms with Crippen LogP contribution in [0, 0.1) is 0 Å². The third-order valence-electron chi connectivity index (χ3n) is 11.8. The summed E-state index contributed by atoms with van der Waals surface area (Å²) in [6, 6.07) is 70.4. The molecule has 0 aliphatic carbocycles. The number of aromatic nitrogens is 2. The van der Waals surface area contributed by atoms with Crippen LogP contribution >= 0.6 is 11.3 Å². The molecule has 274 valence electrons. The highest BCUT2D eigenvalue weighted by Crippen LogP contribution is 2.42. The Balaban J connectivity index is 1.06. The Morgan fingerprint density at radius 1 is 0.379 bits per heavy atom. The van der Waals surface area contributed by atoms with Crippen LogP contribution in [0.2, 0.25) is 13.1 Å². The molecule has 11 rings (SSSR count). The van der Waals surface area contributed by atoms with Crippen molar-refractivity contribution in [1.29, 1.82) is 0 Å². The summed E-state index contributed by atoms with van der Waals surface area (Å²) in [4.78, 5) is 11.1. The molecule has 0 unspecified atom stereocenters. The zero-order valence-electron chi connectivity index (χ0n) is 32.3. The van der Waals surface area contributed by atoms with E-state index in [1.54, 1.807) is 0 Å². The molecule has 58 heavy (non-hydrogen) atoms. The summed E-state index contributed by atoms with van der Waals surface area (Å²) in [5.41, 5.74) is 15.1. The third-order valence-corrected chi connectivity index (χ3v) is 16.6. The zero-order valence-corrected chi connectivity index (χ0v) is 34.1. The first-order valence-corrected chi connectivity index (χ1v) is 23.7. The van der Waals surface area contributed by atoms with Gasteiger partial charge < -0.3 is 0 Å². The van der Waals surface area contributed by atoms with Crippen molar-refractivity contribution in [2.45, 2.75) is 13.1 Å². The second-order valence-corrected chi connectivity index (χ2v) is 21.1. The quantitative estimate of drug-likeness (QED) is 0.157. The maximum atomic E-state index is 5.59. The summed E-state index contributed by atoms with van der Waals surface area (Å²) >= 11 is 1.87. The molecular formula is C54H38N2SSi. The van der Waals surface area contributed by atoms with Crippen LogP contribution in [0.5, 0.6) is 0 Å². The number of rotatable bonds is 6. The van der Waals surface area contributed by atoms with Crippen molar-refractivity contribution in [2.75, 3.05) is 0 Å². The molecule has 0 saturated heterocycles. The van der Waals surface area contributed by atoms with E-state index in [1.807, 2.05) is 11.3 Å². The third kappa shape index (κ3) is 5.75. The lowest BCUT2D eigenvalue weighted by atomic mass is 9.92. The van der Waals surface area contributed by atoms with Gasteiger partial charge >= 0.3 is 0 Å². The van der Waals surface area contributed by atoms with Gasteiger partial charge in [0.05, 0.1) is 11.4 Å². The predicted octanol–water partition coefficient (Wildman–Crippen LogP) is 13.6. The topological polar surface area (TPSA) is 25.8 Å². The van der Waals surface area contributed by atoms with E-state index in [9.17, 15) is 0 Å². The maximum absolute atomic E-state index is 5.59. The lowest BCUT2D eigenvalue weighted by Crippen LogP contribution is -2.50. The first-order chi connectivity index (χ1) is 28.5. The normalized spacial score (nSPS) is 12.8. The molecule has 0 radical (unpaired) electrons. The fourth-order valence-electron chi connectivity index (χ4n) is 8.98. The van der Waals surface area contributed by atoms with E-state index in [-0.39, 0.29) is 0 Å². The molecule has 0 atom stereocenters. The summed E-state index contributed by atoms with van der Waals surface area (Å²) in [6.45, 7) is 4.92. The Labute approximate surface area is 343 Å². The molecule has 2 nitrogen and oxygen atoms in total. The Morgan fingerprint density at radius 3 is 1.52 bits per heavy atom. The maximum Gasteiger partial charge on any atom is 0.160 e. The molecule has 0 saturated carbocycles. The second kappa shape index (κ2) is 13.7. The number of hydrogen-bond acceptors (Lipinski definition) is 3. The van der Waals surface area contributed by atoms with E-state index in [0.717, 1.165) is 33.9 Å². The van der Waals surface area contributed by atoms with E-state index in [0.29, 0.717) is 0 Å². The lowest BCUT2D eigenvalue weighted by molar-refractivity contribution is 1.20. The van der Waals surface area contributed by atoms with E-state index in [1.165, 1.54) is 75.1 Å². The Hall–Kier alpha value is -6.72. The van der Waals surface area contributed by atoms with Crippen molar-refractivity contribution in [3.63, 3.8) is 0 Å². The lowest BCUT2D eigenvalue weighted by Gasteiger charge is -2.22. The van der Waals surface area contributed by atoms with E-state index < -0.39 is 8.07 Å². The fraction of sp³-hybridized carbons (Fsp3) is 0.0370. The van der Waals surface area contributed by atoms with Gasteiger partial charge in [-0.25, -0.2) is 9.97 Å². The number of nitrogens with zero attached hydrogens (tertiary/aromatic N) is 2. The standard InChI is InChI=1S/C54H38N2SSi/c1-58(2)49-29-12-10-25-46(49)50-53(58)51(47-27-15-26-45-44-24-9-11-28-48(44)57-52(45)47)56-54(55-50)40-23-14-21-38(31-40)37-20-13-22-39(30-37)43-33-41(35-16-5-3-6-17-35)32-42(34-43)36-18-7-4-8-19-36/h3-34H,1-2H3. The molecule has 1 aliphatic heterocycles. The van der Waals surface area contributed by atoms with Gasteiger partial charge in [0.15, 0.2) is 5.82 Å². The molecule has 4 heteroatoms. The van der Waals surface area contributed by atoms with Gasteiger partial charge in [-0.15, -0.1) is 11.3 Å². The molecule has 0 bridgehead atoms. The fourth-order valence-corrected chi connectivity index (χ4v) is 13.4. The Morgan fingerprint density at radius 2 is 0.828 bits per heavy atom. The molecule has 1 aliphatic rings. The largest absolute Gasteiger partial charge is 0.228 e. The molecule has 0 amide bonds. The van der Waals surface area contributed by atoms with Gasteiger partial charge in [-0.1, -0.05) is 171 Å². The number of fused-ring (bicyclic) bond motifs is 6. The highest BCUT2D eigenvalue weighted by atomic mass is 32.1. The summed E-state index contributed by atoms with van der Waals surface area (Å²) < 4.78 is 2.59. The minimum atomic E-state index is -2.13. The molecule has 0 spiro atoms. The van der Waals surface area contributed by atoms with Crippen molar-refractivity contribution < 1.29 is 0 Å². The monoisotopic (exact) mass is 774 g/mol. The number of hydrogen-bond donors (Lipinski definition) is 0. The molecule has 3 heterocycles. The van der Waals surface area contributed by atoms with Crippen LogP contribution in [-0.4, -0.2) is 18.0 Å². The van der Waals surface area contributed by atoms with Gasteiger partial charge in [-0.05, 0) is 96.8 Å². The van der Waals surface area contributed by atoms with E-state index >= 15 is 0 Å². The van der Waals surface area contributed by atoms with Gasteiger partial charge in [-0.3, -0.25) is 0 Å². The van der Waals surface area contributed by atoms with Crippen molar-refractivity contribution in [3.8, 4) is 78.4 Å². The van der Waals surface area contributed by atoms with Gasteiger partial charge in [0.2, 0.25) is 0 Å². The Kier molecular flexibility index (Phi) is 8.17. The van der Waals surface area contributed by atoms with Crippen molar-refractivity contribution in [2.24, 2.45) is 0 Å².